The van der Waals surface area contributed by atoms with Gasteiger partial charge in [0, 0.05) is 6.07 Å². The van der Waals surface area contributed by atoms with E-state index in [0.717, 1.165) is 0 Å². The molecule has 1 aliphatic rings. The van der Waals surface area contributed by atoms with Crippen molar-refractivity contribution in [1.82, 2.24) is 10.3 Å². The number of pyridine rings is 1. The van der Waals surface area contributed by atoms with Gasteiger partial charge in [0.05, 0.1) is 11.1 Å². The van der Waals surface area contributed by atoms with E-state index in [-0.39, 0.29) is 22.5 Å². The van der Waals surface area contributed by atoms with Crippen molar-refractivity contribution >= 4 is 18.0 Å². The van der Waals surface area contributed by atoms with Crippen molar-refractivity contribution in [1.29, 1.82) is 0 Å². The first-order valence-corrected chi connectivity index (χ1v) is 6.33. The summed E-state index contributed by atoms with van der Waals surface area (Å²) in [5, 5.41) is 2.28. The Morgan fingerprint density at radius 3 is 2.48 bits per heavy atom. The molecule has 2 N–H and O–H groups in total. The van der Waals surface area contributed by atoms with Crippen LogP contribution in [0.15, 0.2) is 33.8 Å². The van der Waals surface area contributed by atoms with Gasteiger partial charge in [0.25, 0.3) is 0 Å². The predicted molar refractivity (Wildman–Crippen MR) is 76.1 cm³/mol. The molecule has 0 spiro atoms. The zero-order chi connectivity index (χ0) is 15.7. The monoisotopic (exact) mass is 286 g/mol. The highest BCUT2D eigenvalue weighted by molar-refractivity contribution is 6.28. The number of hydrogen-bond acceptors (Lipinski definition) is 4. The van der Waals surface area contributed by atoms with Crippen LogP contribution < -0.4 is 10.9 Å². The van der Waals surface area contributed by atoms with Crippen molar-refractivity contribution in [3.05, 3.63) is 56.2 Å². The fraction of sp³-hybridized carbons (Fsp3) is 0.200. The summed E-state index contributed by atoms with van der Waals surface area (Å²) >= 11 is 0. The molecule has 0 unspecified atom stereocenters. The van der Waals surface area contributed by atoms with Gasteiger partial charge in [-0.15, -0.1) is 0 Å². The fourth-order valence-corrected chi connectivity index (χ4v) is 2.34. The van der Waals surface area contributed by atoms with Gasteiger partial charge in [0.1, 0.15) is 11.4 Å². The molecule has 108 valence electrons. The van der Waals surface area contributed by atoms with Gasteiger partial charge in [0.2, 0.25) is 17.8 Å². The molecule has 0 saturated heterocycles. The number of hydrogen-bond donors (Lipinski definition) is 2. The molecule has 0 aliphatic heterocycles. The van der Waals surface area contributed by atoms with Crippen molar-refractivity contribution in [2.75, 3.05) is 0 Å². The number of aromatic amines is 1. The Hall–Kier alpha value is -2.76. The van der Waals surface area contributed by atoms with Crippen molar-refractivity contribution in [2.45, 2.75) is 20.8 Å². The van der Waals surface area contributed by atoms with Crippen LogP contribution >= 0.6 is 0 Å². The summed E-state index contributed by atoms with van der Waals surface area (Å²) in [5.74, 6) is -0.966. The van der Waals surface area contributed by atoms with E-state index in [1.54, 1.807) is 26.8 Å². The summed E-state index contributed by atoms with van der Waals surface area (Å²) in [6, 6.07) is 1.27. The molecule has 0 aromatic carbocycles. The number of aromatic nitrogens is 1. The van der Waals surface area contributed by atoms with Crippen LogP contribution in [0.5, 0.6) is 0 Å². The maximum Gasteiger partial charge on any atom is 0.248 e. The van der Waals surface area contributed by atoms with Gasteiger partial charge in [-0.05, 0) is 31.9 Å². The van der Waals surface area contributed by atoms with Crippen LogP contribution in [0.2, 0.25) is 0 Å². The average molecular weight is 286 g/mol. The first-order valence-electron chi connectivity index (χ1n) is 6.33. The predicted octanol–water partition coefficient (Wildman–Crippen LogP) is 1.03. The molecule has 0 atom stereocenters. The second kappa shape index (κ2) is 5.32. The van der Waals surface area contributed by atoms with E-state index in [2.05, 4.69) is 10.3 Å². The van der Waals surface area contributed by atoms with Gasteiger partial charge in [-0.1, -0.05) is 6.08 Å². The van der Waals surface area contributed by atoms with Crippen LogP contribution in [0.4, 0.5) is 0 Å². The Labute approximate surface area is 120 Å². The molecule has 6 heteroatoms. The summed E-state index contributed by atoms with van der Waals surface area (Å²) in [6.45, 7) is 5.01. The molecule has 0 fully saturated rings. The molecule has 1 amide bonds. The Morgan fingerprint density at radius 1 is 1.24 bits per heavy atom. The lowest BCUT2D eigenvalue weighted by atomic mass is 9.85. The van der Waals surface area contributed by atoms with Gasteiger partial charge in [-0.3, -0.25) is 19.2 Å². The molecule has 1 heterocycles. The number of Topliss-reactive ketones (excluding diaryl/α,β-unsaturated/α-hetero) is 2. The third-order valence-corrected chi connectivity index (χ3v) is 3.43. The Balaban J connectivity index is 2.84. The number of nitrogens with one attached hydrogen (secondary N) is 2. The van der Waals surface area contributed by atoms with Gasteiger partial charge < -0.3 is 10.3 Å². The Kier molecular flexibility index (Phi) is 3.71. The second-order valence-corrected chi connectivity index (χ2v) is 4.71. The number of rotatable bonds is 3. The molecule has 1 aromatic heterocycles. The molecule has 0 saturated carbocycles. The van der Waals surface area contributed by atoms with Crippen LogP contribution in [0.1, 0.15) is 40.3 Å². The normalized spacial score (nSPS) is 15.1. The zero-order valence-corrected chi connectivity index (χ0v) is 11.9. The molecular formula is C15H14N2O4. The van der Waals surface area contributed by atoms with E-state index in [1.165, 1.54) is 6.07 Å². The number of allylic oxidation sites excluding steroid dienone is 4. The lowest BCUT2D eigenvalue weighted by Crippen LogP contribution is -2.33. The van der Waals surface area contributed by atoms with E-state index in [0.29, 0.717) is 17.5 Å². The zero-order valence-electron chi connectivity index (χ0n) is 11.9. The second-order valence-electron chi connectivity index (χ2n) is 4.71. The summed E-state index contributed by atoms with van der Waals surface area (Å²) in [5.41, 5.74) is 0.669. The number of amides is 1. The number of H-pyrrole nitrogens is 1. The first kappa shape index (κ1) is 14.6. The lowest BCUT2D eigenvalue weighted by Gasteiger charge is -2.21. The maximum absolute atomic E-state index is 12.7. The van der Waals surface area contributed by atoms with E-state index < -0.39 is 17.1 Å². The SMILES string of the molecule is C/C=C(/C)C1=C(NC=O)C(=O)c2[nH]c(=O)cc(C)c2C1=O. The summed E-state index contributed by atoms with van der Waals surface area (Å²) < 4.78 is 0. The van der Waals surface area contributed by atoms with Crippen molar-refractivity contribution in [2.24, 2.45) is 0 Å². The maximum atomic E-state index is 12.7. The highest BCUT2D eigenvalue weighted by Gasteiger charge is 2.34. The third kappa shape index (κ3) is 2.24. The van der Waals surface area contributed by atoms with Crippen LogP contribution in [-0.2, 0) is 4.79 Å². The van der Waals surface area contributed by atoms with E-state index >= 15 is 0 Å². The molecule has 0 radical (unpaired) electrons. The Morgan fingerprint density at radius 2 is 1.90 bits per heavy atom. The molecular weight excluding hydrogens is 272 g/mol. The standard InChI is InChI=1S/C15H14N2O4/c1-4-7(2)10-12(16-6-18)15(21)13-11(14(10)20)8(3)5-9(19)17-13/h4-6H,1-3H3,(H,16,18)(H,17,19)/b7-4-. The largest absolute Gasteiger partial charge is 0.325 e. The summed E-state index contributed by atoms with van der Waals surface area (Å²) in [6.07, 6.45) is 2.02. The topological polar surface area (TPSA) is 96.1 Å². The van der Waals surface area contributed by atoms with Crippen molar-refractivity contribution < 1.29 is 14.4 Å². The number of aryl methyl sites for hydroxylation is 1. The lowest BCUT2D eigenvalue weighted by molar-refractivity contribution is -0.108. The quantitative estimate of drug-likeness (QED) is 0.811. The smallest absolute Gasteiger partial charge is 0.248 e. The molecule has 6 nitrogen and oxygen atoms in total. The number of carbonyl (C=O) groups excluding carboxylic acids is 3. The van der Waals surface area contributed by atoms with Crippen LogP contribution in [0.3, 0.4) is 0 Å². The Bertz CT molecular complexity index is 781. The van der Waals surface area contributed by atoms with E-state index in [9.17, 15) is 19.2 Å². The summed E-state index contributed by atoms with van der Waals surface area (Å²) in [7, 11) is 0. The highest BCUT2D eigenvalue weighted by Crippen LogP contribution is 2.29. The van der Waals surface area contributed by atoms with Gasteiger partial charge in [0.15, 0.2) is 5.78 Å². The average Bonchev–Trinajstić information content (AvgIpc) is 2.43. The molecule has 0 bridgehead atoms. The molecule has 1 aromatic rings. The molecule has 21 heavy (non-hydrogen) atoms. The van der Waals surface area contributed by atoms with Crippen LogP contribution in [0.25, 0.3) is 0 Å². The van der Waals surface area contributed by atoms with Gasteiger partial charge in [-0.25, -0.2) is 0 Å². The number of carbonyl (C=O) groups is 3. The van der Waals surface area contributed by atoms with Gasteiger partial charge >= 0.3 is 0 Å². The van der Waals surface area contributed by atoms with Crippen molar-refractivity contribution in [3.8, 4) is 0 Å². The summed E-state index contributed by atoms with van der Waals surface area (Å²) in [4.78, 5) is 49.7. The third-order valence-electron chi connectivity index (χ3n) is 3.43. The fourth-order valence-electron chi connectivity index (χ4n) is 2.34. The molecule has 2 rings (SSSR count). The minimum Gasteiger partial charge on any atom is -0.325 e. The minimum absolute atomic E-state index is 0.0815. The molecule has 1 aliphatic carbocycles. The van der Waals surface area contributed by atoms with E-state index in [4.69, 9.17) is 0 Å². The van der Waals surface area contributed by atoms with Crippen LogP contribution in [0, 0.1) is 6.92 Å². The first-order chi connectivity index (χ1) is 9.92. The minimum atomic E-state index is -0.575. The van der Waals surface area contributed by atoms with Gasteiger partial charge in [-0.2, -0.15) is 0 Å². The number of fused-ring (bicyclic) bond motifs is 1. The van der Waals surface area contributed by atoms with E-state index in [1.807, 2.05) is 0 Å². The highest BCUT2D eigenvalue weighted by atomic mass is 16.2. The number of ketones is 2. The van der Waals surface area contributed by atoms with Crippen molar-refractivity contribution in [3.63, 3.8) is 0 Å². The van der Waals surface area contributed by atoms with Crippen LogP contribution in [-0.4, -0.2) is 23.0 Å².